The SMILES string of the molecule is CCCCCCCCCC(CCCCCCCC(=O)C(=O)OCc1ccccc1)C(CCCCCCCCC)CCCCCCCC(=O)C(=O)OCc1ccccc1. The molecule has 2 aromatic carbocycles. The van der Waals surface area contributed by atoms with Crippen LogP contribution in [0.25, 0.3) is 0 Å². The number of ether oxygens (including phenoxy) is 2. The lowest BCUT2D eigenvalue weighted by molar-refractivity contribution is -0.155. The van der Waals surface area contributed by atoms with Crippen molar-refractivity contribution < 1.29 is 28.7 Å². The van der Waals surface area contributed by atoms with Gasteiger partial charge in [-0.1, -0.05) is 241 Å². The Morgan fingerprint density at radius 2 is 0.655 bits per heavy atom. The van der Waals surface area contributed by atoms with Gasteiger partial charge in [-0.2, -0.15) is 0 Å². The molecule has 0 aromatic heterocycles. The van der Waals surface area contributed by atoms with Crippen LogP contribution in [0.1, 0.15) is 218 Å². The van der Waals surface area contributed by atoms with Crippen molar-refractivity contribution in [3.63, 3.8) is 0 Å². The van der Waals surface area contributed by atoms with Gasteiger partial charge < -0.3 is 9.47 Å². The summed E-state index contributed by atoms with van der Waals surface area (Å²) in [5.74, 6) is -0.697. The molecule has 0 spiro atoms. The van der Waals surface area contributed by atoms with Crippen LogP contribution >= 0.6 is 0 Å². The Morgan fingerprint density at radius 3 is 0.966 bits per heavy atom. The standard InChI is InChI=1S/C52H82O6/c1-3-5-7-9-11-15-27-37-47(39-29-17-13-19-31-41-49(53)51(55)57-43-45-33-23-21-24-34-45)48(38-28-16-12-10-8-6-4-2)40-30-18-14-20-32-42-50(54)52(56)58-44-46-35-25-22-26-36-46/h21-26,33-36,47-48H,3-20,27-32,37-44H2,1-2H3. The smallest absolute Gasteiger partial charge is 0.374 e. The average molecular weight is 803 g/mol. The van der Waals surface area contributed by atoms with Crippen LogP contribution in [0.15, 0.2) is 60.7 Å². The summed E-state index contributed by atoms with van der Waals surface area (Å²) in [7, 11) is 0. The molecule has 0 aliphatic rings. The minimum atomic E-state index is -0.712. The van der Waals surface area contributed by atoms with Gasteiger partial charge in [-0.05, 0) is 35.8 Å². The molecule has 0 heterocycles. The van der Waals surface area contributed by atoms with Crippen LogP contribution in [0.2, 0.25) is 0 Å². The number of ketones is 2. The fourth-order valence-corrected chi connectivity index (χ4v) is 8.21. The molecule has 6 heteroatoms. The van der Waals surface area contributed by atoms with E-state index in [1.807, 2.05) is 60.7 Å². The summed E-state index contributed by atoms with van der Waals surface area (Å²) in [6, 6.07) is 19.0. The maximum atomic E-state index is 12.4. The number of rotatable bonds is 39. The third-order valence-corrected chi connectivity index (χ3v) is 11.9. The molecule has 0 N–H and O–H groups in total. The molecule has 2 atom stereocenters. The van der Waals surface area contributed by atoms with Gasteiger partial charge >= 0.3 is 11.9 Å². The first-order valence-corrected chi connectivity index (χ1v) is 23.9. The zero-order chi connectivity index (χ0) is 41.7. The summed E-state index contributed by atoms with van der Waals surface area (Å²) in [6.45, 7) is 4.85. The van der Waals surface area contributed by atoms with Crippen molar-refractivity contribution in [2.45, 2.75) is 220 Å². The van der Waals surface area contributed by atoms with E-state index in [1.165, 1.54) is 141 Å². The van der Waals surface area contributed by atoms with Crippen LogP contribution in [-0.2, 0) is 41.9 Å². The summed E-state index contributed by atoms with van der Waals surface area (Å²) in [4.78, 5) is 49.1. The lowest BCUT2D eigenvalue weighted by Gasteiger charge is -2.28. The normalized spacial score (nSPS) is 12.2. The minimum Gasteiger partial charge on any atom is -0.455 e. The molecule has 2 aromatic rings. The van der Waals surface area contributed by atoms with Gasteiger partial charge in [0.15, 0.2) is 0 Å². The van der Waals surface area contributed by atoms with Gasteiger partial charge in [0.05, 0.1) is 0 Å². The largest absolute Gasteiger partial charge is 0.455 e. The van der Waals surface area contributed by atoms with E-state index in [0.717, 1.165) is 61.5 Å². The van der Waals surface area contributed by atoms with Crippen molar-refractivity contribution in [2.75, 3.05) is 0 Å². The molecule has 0 bridgehead atoms. The van der Waals surface area contributed by atoms with Crippen LogP contribution in [0, 0.1) is 11.8 Å². The second-order valence-corrected chi connectivity index (χ2v) is 16.9. The van der Waals surface area contributed by atoms with Crippen molar-refractivity contribution in [3.8, 4) is 0 Å². The van der Waals surface area contributed by atoms with Crippen molar-refractivity contribution in [1.29, 1.82) is 0 Å². The van der Waals surface area contributed by atoms with E-state index in [0.29, 0.717) is 0 Å². The quantitative estimate of drug-likeness (QED) is 0.0380. The van der Waals surface area contributed by atoms with E-state index in [2.05, 4.69) is 13.8 Å². The maximum Gasteiger partial charge on any atom is 0.374 e. The van der Waals surface area contributed by atoms with Gasteiger partial charge in [0.25, 0.3) is 0 Å². The van der Waals surface area contributed by atoms with E-state index < -0.39 is 23.5 Å². The zero-order valence-corrected chi connectivity index (χ0v) is 37.0. The van der Waals surface area contributed by atoms with Gasteiger partial charge in [-0.15, -0.1) is 0 Å². The van der Waals surface area contributed by atoms with Crippen molar-refractivity contribution in [1.82, 2.24) is 0 Å². The summed E-state index contributed by atoms with van der Waals surface area (Å²) in [5, 5.41) is 0. The Labute approximate surface area is 354 Å². The highest BCUT2D eigenvalue weighted by Gasteiger charge is 2.21. The molecule has 0 saturated heterocycles. The topological polar surface area (TPSA) is 86.7 Å². The lowest BCUT2D eigenvalue weighted by atomic mass is 9.78. The van der Waals surface area contributed by atoms with Crippen molar-refractivity contribution in [2.24, 2.45) is 11.8 Å². The number of hydrogen-bond acceptors (Lipinski definition) is 6. The number of esters is 2. The highest BCUT2D eigenvalue weighted by molar-refractivity contribution is 6.33. The van der Waals surface area contributed by atoms with Crippen molar-refractivity contribution in [3.05, 3.63) is 71.8 Å². The number of unbranched alkanes of at least 4 members (excludes halogenated alkanes) is 20. The van der Waals surface area contributed by atoms with E-state index in [-0.39, 0.29) is 26.1 Å². The van der Waals surface area contributed by atoms with Crippen LogP contribution in [0.5, 0.6) is 0 Å². The summed E-state index contributed by atoms with van der Waals surface area (Å²) in [6.07, 6.45) is 35.2. The fourth-order valence-electron chi connectivity index (χ4n) is 8.21. The number of hydrogen-bond donors (Lipinski definition) is 0. The van der Waals surface area contributed by atoms with Gasteiger partial charge in [0.2, 0.25) is 11.6 Å². The molecule has 0 fully saturated rings. The molecule has 2 unspecified atom stereocenters. The molecule has 0 aliphatic heterocycles. The summed E-state index contributed by atoms with van der Waals surface area (Å²) in [5.41, 5.74) is 1.78. The van der Waals surface area contributed by atoms with Crippen LogP contribution in [-0.4, -0.2) is 23.5 Å². The number of carbonyl (C=O) groups excluding carboxylic acids is 4. The first-order chi connectivity index (χ1) is 28.4. The molecule has 6 nitrogen and oxygen atoms in total. The van der Waals surface area contributed by atoms with Crippen LogP contribution in [0.3, 0.4) is 0 Å². The minimum absolute atomic E-state index is 0.142. The fraction of sp³-hybridized carbons (Fsp3) is 0.692. The maximum absolute atomic E-state index is 12.4. The summed E-state index contributed by atoms with van der Waals surface area (Å²) >= 11 is 0. The van der Waals surface area contributed by atoms with Crippen LogP contribution in [0.4, 0.5) is 0 Å². The second-order valence-electron chi connectivity index (χ2n) is 16.9. The molecule has 0 amide bonds. The Balaban J connectivity index is 1.80. The number of carbonyl (C=O) groups is 4. The number of benzene rings is 2. The van der Waals surface area contributed by atoms with E-state index >= 15 is 0 Å². The Bertz CT molecular complexity index is 1210. The molecule has 0 aliphatic carbocycles. The highest BCUT2D eigenvalue weighted by atomic mass is 16.5. The zero-order valence-electron chi connectivity index (χ0n) is 37.0. The molecule has 0 saturated carbocycles. The monoisotopic (exact) mass is 803 g/mol. The third kappa shape index (κ3) is 26.7. The number of Topliss-reactive ketones (excluding diaryl/α,β-unsaturated/α-hetero) is 2. The summed E-state index contributed by atoms with van der Waals surface area (Å²) < 4.78 is 10.5. The van der Waals surface area contributed by atoms with E-state index in [4.69, 9.17) is 9.47 Å². The Kier molecular flexibility index (Phi) is 31.3. The Morgan fingerprint density at radius 1 is 0.379 bits per heavy atom. The molecule has 326 valence electrons. The molecule has 0 radical (unpaired) electrons. The average Bonchev–Trinajstić information content (AvgIpc) is 3.25. The van der Waals surface area contributed by atoms with Gasteiger partial charge in [0.1, 0.15) is 13.2 Å². The predicted octanol–water partition coefficient (Wildman–Crippen LogP) is 14.6. The molecular weight excluding hydrogens is 721 g/mol. The van der Waals surface area contributed by atoms with Gasteiger partial charge in [0, 0.05) is 12.8 Å². The highest BCUT2D eigenvalue weighted by Crippen LogP contribution is 2.34. The predicted molar refractivity (Wildman–Crippen MR) is 239 cm³/mol. The van der Waals surface area contributed by atoms with E-state index in [9.17, 15) is 19.2 Å². The lowest BCUT2D eigenvalue weighted by Crippen LogP contribution is -2.17. The Hall–Kier alpha value is -3.28. The first-order valence-electron chi connectivity index (χ1n) is 23.9. The molecular formula is C52H82O6. The molecule has 2 rings (SSSR count). The van der Waals surface area contributed by atoms with Gasteiger partial charge in [-0.25, -0.2) is 9.59 Å². The molecule has 58 heavy (non-hydrogen) atoms. The van der Waals surface area contributed by atoms with Gasteiger partial charge in [-0.3, -0.25) is 9.59 Å². The first kappa shape index (κ1) is 50.9. The second kappa shape index (κ2) is 35.6. The van der Waals surface area contributed by atoms with Crippen LogP contribution < -0.4 is 0 Å². The van der Waals surface area contributed by atoms with Crippen molar-refractivity contribution >= 4 is 23.5 Å². The third-order valence-electron chi connectivity index (χ3n) is 11.9. The van der Waals surface area contributed by atoms with E-state index in [1.54, 1.807) is 0 Å².